The molecule has 1 amide bonds. The highest BCUT2D eigenvalue weighted by molar-refractivity contribution is 5.75. The van der Waals surface area contributed by atoms with E-state index < -0.39 is 0 Å². The monoisotopic (exact) mass is 379 g/mol. The van der Waals surface area contributed by atoms with E-state index in [1.54, 1.807) is 0 Å². The molecule has 0 aliphatic rings. The fourth-order valence-corrected chi connectivity index (χ4v) is 3.41. The second kappa shape index (κ2) is 9.93. The lowest BCUT2D eigenvalue weighted by molar-refractivity contribution is -0.109. The van der Waals surface area contributed by atoms with Gasteiger partial charge in [0.15, 0.2) is 0 Å². The molecule has 0 unspecified atom stereocenters. The number of hydrogen-bond acceptors (Lipinski definition) is 3. The zero-order chi connectivity index (χ0) is 19.8. The number of carbonyl (C=O) groups is 1. The number of fused-ring (bicyclic) bond motifs is 1. The molecule has 3 aromatic rings. The Kier molecular flexibility index (Phi) is 7.06. The Morgan fingerprint density at radius 3 is 2.79 bits per heavy atom. The number of nitrogens with zero attached hydrogens (tertiary/aromatic N) is 2. The van der Waals surface area contributed by atoms with Crippen molar-refractivity contribution >= 4 is 17.4 Å². The fourth-order valence-electron chi connectivity index (χ4n) is 3.41. The van der Waals surface area contributed by atoms with E-state index >= 15 is 0 Å². The lowest BCUT2D eigenvalue weighted by Gasteiger charge is -2.12. The van der Waals surface area contributed by atoms with Crippen molar-refractivity contribution in [1.82, 2.24) is 14.9 Å². The number of imidazole rings is 1. The summed E-state index contributed by atoms with van der Waals surface area (Å²) in [6.07, 6.45) is 4.52. The summed E-state index contributed by atoms with van der Waals surface area (Å²) in [4.78, 5) is 15.2. The summed E-state index contributed by atoms with van der Waals surface area (Å²) >= 11 is 0. The van der Waals surface area contributed by atoms with E-state index in [1.807, 2.05) is 18.2 Å². The van der Waals surface area contributed by atoms with Crippen LogP contribution in [0, 0.1) is 13.8 Å². The summed E-state index contributed by atoms with van der Waals surface area (Å²) in [6, 6.07) is 14.5. The molecule has 0 fully saturated rings. The minimum Gasteiger partial charge on any atom is -0.493 e. The highest BCUT2D eigenvalue weighted by Crippen LogP contribution is 2.21. The molecule has 1 heterocycles. The van der Waals surface area contributed by atoms with Gasteiger partial charge in [-0.2, -0.15) is 0 Å². The van der Waals surface area contributed by atoms with E-state index in [0.717, 1.165) is 62.3 Å². The number of hydrogen-bond donors (Lipinski definition) is 1. The van der Waals surface area contributed by atoms with E-state index in [2.05, 4.69) is 48.0 Å². The van der Waals surface area contributed by atoms with Crippen LogP contribution in [0.5, 0.6) is 5.75 Å². The molecule has 148 valence electrons. The fraction of sp³-hybridized carbons (Fsp3) is 0.391. The van der Waals surface area contributed by atoms with E-state index in [1.165, 1.54) is 16.6 Å². The summed E-state index contributed by atoms with van der Waals surface area (Å²) in [5.41, 5.74) is 4.69. The van der Waals surface area contributed by atoms with Crippen LogP contribution in [0.2, 0.25) is 0 Å². The lowest BCUT2D eigenvalue weighted by Crippen LogP contribution is -2.14. The van der Waals surface area contributed by atoms with Crippen molar-refractivity contribution in [2.45, 2.75) is 46.1 Å². The average Bonchev–Trinajstić information content (AvgIpc) is 3.06. The first kappa shape index (κ1) is 19.9. The first-order chi connectivity index (χ1) is 13.7. The molecule has 0 spiro atoms. The second-order valence-corrected chi connectivity index (χ2v) is 7.10. The highest BCUT2D eigenvalue weighted by Gasteiger charge is 2.10. The van der Waals surface area contributed by atoms with Crippen molar-refractivity contribution < 1.29 is 9.53 Å². The van der Waals surface area contributed by atoms with Gasteiger partial charge in [0.2, 0.25) is 6.41 Å². The lowest BCUT2D eigenvalue weighted by atomic mass is 10.1. The molecule has 5 heteroatoms. The van der Waals surface area contributed by atoms with Gasteiger partial charge in [0, 0.05) is 19.5 Å². The Labute approximate surface area is 166 Å². The average molecular weight is 380 g/mol. The largest absolute Gasteiger partial charge is 0.493 e. The van der Waals surface area contributed by atoms with E-state index in [0.29, 0.717) is 6.54 Å². The van der Waals surface area contributed by atoms with Crippen LogP contribution in [0.1, 0.15) is 36.2 Å². The Balaban J connectivity index is 1.56. The minimum absolute atomic E-state index is 0.677. The van der Waals surface area contributed by atoms with Gasteiger partial charge in [0.05, 0.1) is 17.6 Å². The second-order valence-electron chi connectivity index (χ2n) is 7.10. The zero-order valence-electron chi connectivity index (χ0n) is 16.8. The number of para-hydroxylation sites is 2. The van der Waals surface area contributed by atoms with Crippen molar-refractivity contribution in [2.24, 2.45) is 0 Å². The van der Waals surface area contributed by atoms with Gasteiger partial charge in [0.25, 0.3) is 0 Å². The summed E-state index contributed by atoms with van der Waals surface area (Å²) in [5.74, 6) is 2.07. The van der Waals surface area contributed by atoms with Gasteiger partial charge in [-0.15, -0.1) is 0 Å². The van der Waals surface area contributed by atoms with Crippen LogP contribution in [0.15, 0.2) is 42.5 Å². The quantitative estimate of drug-likeness (QED) is 0.401. The summed E-state index contributed by atoms with van der Waals surface area (Å²) in [6.45, 7) is 6.53. The third-order valence-electron chi connectivity index (χ3n) is 5.13. The van der Waals surface area contributed by atoms with Gasteiger partial charge in [0.1, 0.15) is 11.6 Å². The summed E-state index contributed by atoms with van der Waals surface area (Å²) in [7, 11) is 0. The molecule has 0 bridgehead atoms. The minimum atomic E-state index is 0.677. The van der Waals surface area contributed by atoms with Crippen LogP contribution in [-0.4, -0.2) is 29.1 Å². The van der Waals surface area contributed by atoms with Crippen molar-refractivity contribution in [2.75, 3.05) is 13.2 Å². The molecule has 0 radical (unpaired) electrons. The third kappa shape index (κ3) is 4.91. The van der Waals surface area contributed by atoms with E-state index in [4.69, 9.17) is 9.72 Å². The number of unbranched alkanes of at least 4 members (excludes halogenated alkanes) is 1. The molecule has 0 aliphatic carbocycles. The van der Waals surface area contributed by atoms with E-state index in [9.17, 15) is 4.79 Å². The predicted molar refractivity (Wildman–Crippen MR) is 113 cm³/mol. The predicted octanol–water partition coefficient (Wildman–Crippen LogP) is 4.19. The standard InChI is InChI=1S/C23H29N3O2/c1-18-9-7-12-22(19(18)2)28-16-6-5-15-26-21-11-4-3-10-20(21)25-23(26)13-8-14-24-17-27/h3-4,7,9-12,17H,5-6,8,13-16H2,1-2H3,(H,24,27). The van der Waals surface area contributed by atoms with Crippen molar-refractivity contribution in [3.05, 3.63) is 59.4 Å². The Bertz CT molecular complexity index is 917. The molecule has 0 saturated heterocycles. The molecule has 2 aromatic carbocycles. The van der Waals surface area contributed by atoms with Gasteiger partial charge < -0.3 is 14.6 Å². The van der Waals surface area contributed by atoms with Crippen molar-refractivity contribution in [3.8, 4) is 5.75 Å². The van der Waals surface area contributed by atoms with Crippen molar-refractivity contribution in [3.63, 3.8) is 0 Å². The topological polar surface area (TPSA) is 56.1 Å². The van der Waals surface area contributed by atoms with Crippen LogP contribution in [0.4, 0.5) is 0 Å². The number of amides is 1. The summed E-state index contributed by atoms with van der Waals surface area (Å²) in [5, 5.41) is 2.72. The van der Waals surface area contributed by atoms with Crippen molar-refractivity contribution in [1.29, 1.82) is 0 Å². The van der Waals surface area contributed by atoms with Crippen LogP contribution in [0.25, 0.3) is 11.0 Å². The number of nitrogens with one attached hydrogen (secondary N) is 1. The van der Waals surface area contributed by atoms with Gasteiger partial charge in [-0.1, -0.05) is 24.3 Å². The van der Waals surface area contributed by atoms with Gasteiger partial charge in [-0.25, -0.2) is 4.98 Å². The van der Waals surface area contributed by atoms with Crippen LogP contribution < -0.4 is 10.1 Å². The van der Waals surface area contributed by atoms with Gasteiger partial charge >= 0.3 is 0 Å². The Hall–Kier alpha value is -2.82. The summed E-state index contributed by atoms with van der Waals surface area (Å²) < 4.78 is 8.29. The maximum absolute atomic E-state index is 10.4. The Morgan fingerprint density at radius 2 is 1.93 bits per heavy atom. The molecular weight excluding hydrogens is 350 g/mol. The maximum atomic E-state index is 10.4. The molecule has 0 aliphatic heterocycles. The molecule has 1 N–H and O–H groups in total. The Morgan fingerprint density at radius 1 is 1.07 bits per heavy atom. The smallest absolute Gasteiger partial charge is 0.207 e. The molecule has 1 aromatic heterocycles. The number of aromatic nitrogens is 2. The van der Waals surface area contributed by atoms with Crippen LogP contribution in [-0.2, 0) is 17.8 Å². The number of rotatable bonds is 11. The molecule has 0 saturated carbocycles. The maximum Gasteiger partial charge on any atom is 0.207 e. The molecule has 28 heavy (non-hydrogen) atoms. The van der Waals surface area contributed by atoms with Gasteiger partial charge in [-0.3, -0.25) is 4.79 Å². The number of ether oxygens (including phenoxy) is 1. The molecular formula is C23H29N3O2. The van der Waals surface area contributed by atoms with Crippen LogP contribution in [0.3, 0.4) is 0 Å². The first-order valence-corrected chi connectivity index (χ1v) is 10.0. The molecule has 5 nitrogen and oxygen atoms in total. The van der Waals surface area contributed by atoms with Gasteiger partial charge in [-0.05, 0) is 62.4 Å². The number of benzene rings is 2. The molecule has 3 rings (SSSR count). The third-order valence-corrected chi connectivity index (χ3v) is 5.13. The number of aryl methyl sites for hydroxylation is 3. The normalized spacial score (nSPS) is 10.9. The van der Waals surface area contributed by atoms with Crippen LogP contribution >= 0.6 is 0 Å². The zero-order valence-corrected chi connectivity index (χ0v) is 16.8. The first-order valence-electron chi connectivity index (χ1n) is 10.0. The SMILES string of the molecule is Cc1cccc(OCCCCn2c(CCCNC=O)nc3ccccc32)c1C. The molecule has 0 atom stereocenters. The number of carbonyl (C=O) groups excluding carboxylic acids is 1. The van der Waals surface area contributed by atoms with E-state index in [-0.39, 0.29) is 0 Å². The highest BCUT2D eigenvalue weighted by atomic mass is 16.5.